The third kappa shape index (κ3) is 3.00. The molecule has 2 nitrogen and oxygen atoms in total. The van der Waals surface area contributed by atoms with Crippen molar-refractivity contribution >= 4 is 23.2 Å². The first-order chi connectivity index (χ1) is 10.7. The van der Waals surface area contributed by atoms with Crippen LogP contribution in [0, 0.1) is 0 Å². The Balaban J connectivity index is 2.22. The van der Waals surface area contributed by atoms with Crippen LogP contribution in [0.1, 0.15) is 5.69 Å². The highest BCUT2D eigenvalue weighted by atomic mass is 35.5. The number of pyridine rings is 1. The summed E-state index contributed by atoms with van der Waals surface area (Å²) in [6.45, 7) is -0.126. The molecule has 0 saturated carbocycles. The Morgan fingerprint density at radius 3 is 1.86 bits per heavy atom. The molecule has 0 aliphatic carbocycles. The lowest BCUT2D eigenvalue weighted by molar-refractivity contribution is 0.277. The second kappa shape index (κ2) is 6.49. The van der Waals surface area contributed by atoms with E-state index in [0.29, 0.717) is 15.7 Å². The van der Waals surface area contributed by atoms with Gasteiger partial charge in [0.1, 0.15) is 0 Å². The lowest BCUT2D eigenvalue weighted by Gasteiger charge is -2.14. The molecule has 1 N–H and O–H groups in total. The molecule has 1 heterocycles. The molecule has 3 aromatic rings. The fraction of sp³-hybridized carbons (Fsp3) is 0.0556. The minimum absolute atomic E-state index is 0.126. The zero-order chi connectivity index (χ0) is 15.5. The zero-order valence-electron chi connectivity index (χ0n) is 11.6. The van der Waals surface area contributed by atoms with E-state index >= 15 is 0 Å². The van der Waals surface area contributed by atoms with Crippen molar-refractivity contribution in [2.75, 3.05) is 0 Å². The molecule has 110 valence electrons. The lowest BCUT2D eigenvalue weighted by atomic mass is 9.94. The zero-order valence-corrected chi connectivity index (χ0v) is 13.1. The molecular weight excluding hydrogens is 317 g/mol. The summed E-state index contributed by atoms with van der Waals surface area (Å²) in [7, 11) is 0. The third-order valence-electron chi connectivity index (χ3n) is 3.47. The first-order valence-corrected chi connectivity index (χ1v) is 7.55. The fourth-order valence-electron chi connectivity index (χ4n) is 2.43. The van der Waals surface area contributed by atoms with Gasteiger partial charge in [-0.1, -0.05) is 47.5 Å². The van der Waals surface area contributed by atoms with Crippen LogP contribution in [-0.2, 0) is 6.61 Å². The molecule has 0 aliphatic heterocycles. The predicted molar refractivity (Wildman–Crippen MR) is 91.1 cm³/mol. The van der Waals surface area contributed by atoms with Crippen LogP contribution in [0.25, 0.3) is 22.3 Å². The summed E-state index contributed by atoms with van der Waals surface area (Å²) in [5.41, 5.74) is 4.52. The molecule has 1 aromatic heterocycles. The highest BCUT2D eigenvalue weighted by Crippen LogP contribution is 2.35. The van der Waals surface area contributed by atoms with Crippen molar-refractivity contribution < 1.29 is 5.11 Å². The van der Waals surface area contributed by atoms with E-state index in [1.807, 2.05) is 54.6 Å². The van der Waals surface area contributed by atoms with E-state index in [0.717, 1.165) is 22.3 Å². The van der Waals surface area contributed by atoms with Crippen molar-refractivity contribution in [3.8, 4) is 22.3 Å². The van der Waals surface area contributed by atoms with E-state index in [2.05, 4.69) is 4.98 Å². The second-order valence-corrected chi connectivity index (χ2v) is 5.72. The number of aliphatic hydroxyl groups is 1. The lowest BCUT2D eigenvalue weighted by Crippen LogP contribution is -1.96. The van der Waals surface area contributed by atoms with Gasteiger partial charge < -0.3 is 5.11 Å². The number of aliphatic hydroxyl groups excluding tert-OH is 1. The molecule has 0 radical (unpaired) electrons. The summed E-state index contributed by atoms with van der Waals surface area (Å²) in [6.07, 6.45) is 1.70. The highest BCUT2D eigenvalue weighted by molar-refractivity contribution is 6.31. The van der Waals surface area contributed by atoms with E-state index in [9.17, 15) is 5.11 Å². The van der Waals surface area contributed by atoms with Crippen LogP contribution < -0.4 is 0 Å². The number of hydrogen-bond donors (Lipinski definition) is 1. The molecule has 0 saturated heterocycles. The standard InChI is InChI=1S/C18H13Cl2NO/c19-14-5-1-12(2-6-14)16-9-10-21-17(11-22)18(16)13-3-7-15(20)8-4-13/h1-10,22H,11H2. The van der Waals surface area contributed by atoms with E-state index in [4.69, 9.17) is 23.2 Å². The van der Waals surface area contributed by atoms with Gasteiger partial charge in [0, 0.05) is 21.8 Å². The van der Waals surface area contributed by atoms with Crippen molar-refractivity contribution in [3.05, 3.63) is 76.5 Å². The van der Waals surface area contributed by atoms with E-state index in [-0.39, 0.29) is 6.61 Å². The quantitative estimate of drug-likeness (QED) is 0.715. The Labute approximate surface area is 139 Å². The Morgan fingerprint density at radius 2 is 1.32 bits per heavy atom. The number of rotatable bonds is 3. The molecule has 0 aliphatic rings. The molecule has 3 rings (SSSR count). The van der Waals surface area contributed by atoms with Crippen LogP contribution >= 0.6 is 23.2 Å². The van der Waals surface area contributed by atoms with Gasteiger partial charge in [-0.15, -0.1) is 0 Å². The van der Waals surface area contributed by atoms with E-state index in [1.54, 1.807) is 6.20 Å². The Morgan fingerprint density at radius 1 is 0.773 bits per heavy atom. The smallest absolute Gasteiger partial charge is 0.0859 e. The average Bonchev–Trinajstić information content (AvgIpc) is 2.56. The Kier molecular flexibility index (Phi) is 4.44. The van der Waals surface area contributed by atoms with Crippen LogP contribution in [0.15, 0.2) is 60.8 Å². The first-order valence-electron chi connectivity index (χ1n) is 6.79. The average molecular weight is 330 g/mol. The van der Waals surface area contributed by atoms with Crippen molar-refractivity contribution in [3.63, 3.8) is 0 Å². The topological polar surface area (TPSA) is 33.1 Å². The molecule has 0 amide bonds. The number of aromatic nitrogens is 1. The SMILES string of the molecule is OCc1nccc(-c2ccc(Cl)cc2)c1-c1ccc(Cl)cc1. The second-order valence-electron chi connectivity index (χ2n) is 4.85. The Hall–Kier alpha value is -1.87. The van der Waals surface area contributed by atoms with Gasteiger partial charge in [0.25, 0.3) is 0 Å². The van der Waals surface area contributed by atoms with Gasteiger partial charge in [0.05, 0.1) is 12.3 Å². The molecule has 4 heteroatoms. The van der Waals surface area contributed by atoms with Gasteiger partial charge in [-0.3, -0.25) is 4.98 Å². The molecule has 0 bridgehead atoms. The number of halogens is 2. The summed E-state index contributed by atoms with van der Waals surface area (Å²) in [5, 5.41) is 11.0. The van der Waals surface area contributed by atoms with Crippen molar-refractivity contribution in [2.24, 2.45) is 0 Å². The van der Waals surface area contributed by atoms with Crippen LogP contribution in [0.2, 0.25) is 10.0 Å². The van der Waals surface area contributed by atoms with Crippen LogP contribution in [-0.4, -0.2) is 10.1 Å². The van der Waals surface area contributed by atoms with Gasteiger partial charge >= 0.3 is 0 Å². The van der Waals surface area contributed by atoms with Crippen LogP contribution in [0.5, 0.6) is 0 Å². The minimum atomic E-state index is -0.126. The normalized spacial score (nSPS) is 10.7. The van der Waals surface area contributed by atoms with Crippen LogP contribution in [0.3, 0.4) is 0 Å². The van der Waals surface area contributed by atoms with Gasteiger partial charge in [-0.2, -0.15) is 0 Å². The summed E-state index contributed by atoms with van der Waals surface area (Å²) in [6, 6.07) is 17.1. The Bertz CT molecular complexity index is 783. The molecule has 22 heavy (non-hydrogen) atoms. The maximum absolute atomic E-state index is 9.64. The highest BCUT2D eigenvalue weighted by Gasteiger charge is 2.13. The maximum Gasteiger partial charge on any atom is 0.0859 e. The predicted octanol–water partition coefficient (Wildman–Crippen LogP) is 5.21. The van der Waals surface area contributed by atoms with Crippen molar-refractivity contribution in [1.29, 1.82) is 0 Å². The van der Waals surface area contributed by atoms with Crippen LogP contribution in [0.4, 0.5) is 0 Å². The first kappa shape index (κ1) is 15.0. The number of nitrogens with zero attached hydrogens (tertiary/aromatic N) is 1. The van der Waals surface area contributed by atoms with E-state index < -0.39 is 0 Å². The summed E-state index contributed by atoms with van der Waals surface area (Å²) in [4.78, 5) is 4.29. The fourth-order valence-corrected chi connectivity index (χ4v) is 2.69. The van der Waals surface area contributed by atoms with Gasteiger partial charge in [0.15, 0.2) is 0 Å². The summed E-state index contributed by atoms with van der Waals surface area (Å²) < 4.78 is 0. The summed E-state index contributed by atoms with van der Waals surface area (Å²) >= 11 is 11.9. The van der Waals surface area contributed by atoms with E-state index in [1.165, 1.54) is 0 Å². The number of benzene rings is 2. The van der Waals surface area contributed by atoms with Crippen molar-refractivity contribution in [2.45, 2.75) is 6.61 Å². The maximum atomic E-state index is 9.64. The summed E-state index contributed by atoms with van der Waals surface area (Å²) in [5.74, 6) is 0. The molecular formula is C18H13Cl2NO. The molecule has 0 spiro atoms. The molecule has 2 aromatic carbocycles. The van der Waals surface area contributed by atoms with Gasteiger partial charge in [-0.25, -0.2) is 0 Å². The molecule has 0 unspecified atom stereocenters. The largest absolute Gasteiger partial charge is 0.390 e. The van der Waals surface area contributed by atoms with Gasteiger partial charge in [0.2, 0.25) is 0 Å². The minimum Gasteiger partial charge on any atom is -0.390 e. The molecule has 0 atom stereocenters. The third-order valence-corrected chi connectivity index (χ3v) is 3.97. The molecule has 0 fully saturated rings. The van der Waals surface area contributed by atoms with Crippen molar-refractivity contribution in [1.82, 2.24) is 4.98 Å². The monoisotopic (exact) mass is 329 g/mol. The number of hydrogen-bond acceptors (Lipinski definition) is 2. The van der Waals surface area contributed by atoms with Gasteiger partial charge in [-0.05, 0) is 47.0 Å².